The number of nitro groups is 1. The van der Waals surface area contributed by atoms with Gasteiger partial charge in [-0.15, -0.1) is 0 Å². The van der Waals surface area contributed by atoms with E-state index in [1.165, 1.54) is 12.1 Å². The van der Waals surface area contributed by atoms with Crippen molar-refractivity contribution in [2.75, 3.05) is 18.0 Å². The predicted molar refractivity (Wildman–Crippen MR) is 96.9 cm³/mol. The maximum Gasteiger partial charge on any atom is 0.269 e. The first-order valence-electron chi connectivity index (χ1n) is 7.78. The lowest BCUT2D eigenvalue weighted by Gasteiger charge is -2.33. The molecule has 1 unspecified atom stereocenters. The Labute approximate surface area is 152 Å². The maximum atomic E-state index is 10.8. The van der Waals surface area contributed by atoms with Crippen LogP contribution in [-0.2, 0) is 4.74 Å². The smallest absolute Gasteiger partial charge is 0.269 e. The molecule has 0 saturated carbocycles. The number of benzene rings is 1. The van der Waals surface area contributed by atoms with Gasteiger partial charge in [0.25, 0.3) is 5.69 Å². The van der Waals surface area contributed by atoms with Crippen molar-refractivity contribution in [2.45, 2.75) is 25.0 Å². The normalized spacial score (nSPS) is 22.6. The molecule has 0 aliphatic carbocycles. The Bertz CT molecular complexity index is 771. The van der Waals surface area contributed by atoms with Crippen molar-refractivity contribution in [3.63, 3.8) is 0 Å². The molecule has 2 bridgehead atoms. The quantitative estimate of drug-likeness (QED) is 0.317. The van der Waals surface area contributed by atoms with Crippen LogP contribution in [0, 0.1) is 13.8 Å². The van der Waals surface area contributed by atoms with Gasteiger partial charge in [-0.2, -0.15) is 0 Å². The Kier molecular flexibility index (Phi) is 4.09. The van der Waals surface area contributed by atoms with Crippen LogP contribution in [0.25, 0.3) is 11.4 Å². The molecule has 1 aromatic carbocycles. The van der Waals surface area contributed by atoms with Crippen molar-refractivity contribution in [3.8, 4) is 11.4 Å². The molecule has 4 rings (SSSR count). The molecular formula is C16H15IN4O3. The Balaban J connectivity index is 1.65. The first-order valence-corrected chi connectivity index (χ1v) is 8.86. The van der Waals surface area contributed by atoms with Crippen LogP contribution < -0.4 is 4.90 Å². The van der Waals surface area contributed by atoms with Crippen molar-refractivity contribution in [3.05, 3.63) is 44.1 Å². The summed E-state index contributed by atoms with van der Waals surface area (Å²) < 4.78 is 6.73. The van der Waals surface area contributed by atoms with Crippen LogP contribution in [0.15, 0.2) is 30.3 Å². The zero-order valence-electron chi connectivity index (χ0n) is 12.8. The third-order valence-corrected chi connectivity index (χ3v) is 4.94. The molecule has 0 N–H and O–H groups in total. The maximum absolute atomic E-state index is 10.8. The minimum atomic E-state index is -0.408. The summed E-state index contributed by atoms with van der Waals surface area (Å²) in [5.74, 6) is 1.48. The summed E-state index contributed by atoms with van der Waals surface area (Å²) in [6, 6.07) is 8.31. The molecule has 2 aromatic rings. The number of morpholine rings is 1. The van der Waals surface area contributed by atoms with E-state index < -0.39 is 4.92 Å². The van der Waals surface area contributed by atoms with Gasteiger partial charge >= 0.3 is 0 Å². The van der Waals surface area contributed by atoms with Crippen LogP contribution in [0.4, 0.5) is 11.5 Å². The number of nitrogens with zero attached hydrogens (tertiary/aromatic N) is 4. The number of ether oxygens (including phenoxy) is 1. The van der Waals surface area contributed by atoms with Gasteiger partial charge in [0.1, 0.15) is 9.52 Å². The van der Waals surface area contributed by atoms with E-state index in [0.29, 0.717) is 18.0 Å². The fourth-order valence-corrected chi connectivity index (χ4v) is 3.74. The molecule has 2 fully saturated rings. The molecule has 0 amide bonds. The van der Waals surface area contributed by atoms with E-state index in [1.54, 1.807) is 12.1 Å². The molecule has 3 heterocycles. The number of fused-ring (bicyclic) bond motifs is 2. The van der Waals surface area contributed by atoms with Crippen LogP contribution in [0.2, 0.25) is 0 Å². The molecule has 8 heteroatoms. The molecule has 124 valence electrons. The SMILES string of the molecule is O=[N+]([O-])c1ccc(-c2nc(I)cc(N3CC4CC[C@@H](C3)O4)n2)cc1. The highest BCUT2D eigenvalue weighted by Gasteiger charge is 2.34. The van der Waals surface area contributed by atoms with Crippen molar-refractivity contribution < 1.29 is 9.66 Å². The first-order chi connectivity index (χ1) is 11.6. The summed E-state index contributed by atoms with van der Waals surface area (Å²) in [5.41, 5.74) is 0.839. The Morgan fingerprint density at radius 3 is 2.46 bits per heavy atom. The molecule has 2 atom stereocenters. The van der Waals surface area contributed by atoms with E-state index in [2.05, 4.69) is 37.5 Å². The monoisotopic (exact) mass is 438 g/mol. The van der Waals surface area contributed by atoms with Gasteiger partial charge in [0.05, 0.1) is 17.1 Å². The van der Waals surface area contributed by atoms with Crippen molar-refractivity contribution in [2.24, 2.45) is 0 Å². The van der Waals surface area contributed by atoms with Crippen LogP contribution in [0.3, 0.4) is 0 Å². The third-order valence-electron chi connectivity index (χ3n) is 4.39. The second kappa shape index (κ2) is 6.25. The Morgan fingerprint density at radius 1 is 1.17 bits per heavy atom. The van der Waals surface area contributed by atoms with E-state index in [-0.39, 0.29) is 5.69 Å². The van der Waals surface area contributed by atoms with E-state index in [0.717, 1.165) is 41.0 Å². The number of hydrogen-bond donors (Lipinski definition) is 0. The molecule has 2 aliphatic heterocycles. The zero-order chi connectivity index (χ0) is 16.7. The van der Waals surface area contributed by atoms with Gasteiger partial charge in [0.2, 0.25) is 0 Å². The highest BCUT2D eigenvalue weighted by molar-refractivity contribution is 14.1. The standard InChI is InChI=1S/C16H15IN4O3/c17-14-7-15(20-8-12-5-6-13(9-20)24-12)19-16(18-14)10-1-3-11(4-2-10)21(22)23/h1-4,7,12-13H,5-6,8-9H2/t12-,13?/m0/s1. The van der Waals surface area contributed by atoms with Gasteiger partial charge in [-0.1, -0.05) is 0 Å². The first kappa shape index (κ1) is 15.7. The van der Waals surface area contributed by atoms with Crippen LogP contribution in [0.5, 0.6) is 0 Å². The third kappa shape index (κ3) is 3.07. The van der Waals surface area contributed by atoms with E-state index in [1.807, 2.05) is 6.07 Å². The van der Waals surface area contributed by atoms with E-state index in [4.69, 9.17) is 4.74 Å². The van der Waals surface area contributed by atoms with Gasteiger partial charge in [0.15, 0.2) is 5.82 Å². The number of rotatable bonds is 3. The number of halogens is 1. The average Bonchev–Trinajstić information content (AvgIpc) is 2.92. The summed E-state index contributed by atoms with van der Waals surface area (Å²) in [4.78, 5) is 21.8. The topological polar surface area (TPSA) is 81.4 Å². The zero-order valence-corrected chi connectivity index (χ0v) is 14.9. The van der Waals surface area contributed by atoms with Gasteiger partial charge in [-0.3, -0.25) is 10.1 Å². The summed E-state index contributed by atoms with van der Waals surface area (Å²) in [6.45, 7) is 1.70. The lowest BCUT2D eigenvalue weighted by Crippen LogP contribution is -2.43. The van der Waals surface area contributed by atoms with Crippen molar-refractivity contribution in [1.29, 1.82) is 0 Å². The van der Waals surface area contributed by atoms with Gasteiger partial charge in [-0.05, 0) is 47.6 Å². The van der Waals surface area contributed by atoms with Gasteiger partial charge < -0.3 is 9.64 Å². The van der Waals surface area contributed by atoms with Crippen LogP contribution >= 0.6 is 22.6 Å². The van der Waals surface area contributed by atoms with Crippen molar-refractivity contribution >= 4 is 34.1 Å². The molecular weight excluding hydrogens is 423 g/mol. The second-order valence-electron chi connectivity index (χ2n) is 6.04. The van der Waals surface area contributed by atoms with Crippen LogP contribution in [-0.4, -0.2) is 40.2 Å². The molecule has 7 nitrogen and oxygen atoms in total. The van der Waals surface area contributed by atoms with Gasteiger partial charge in [-0.25, -0.2) is 9.97 Å². The summed E-state index contributed by atoms with van der Waals surface area (Å²) in [5, 5.41) is 10.8. The average molecular weight is 438 g/mol. The largest absolute Gasteiger partial charge is 0.371 e. The number of non-ortho nitro benzene ring substituents is 1. The fourth-order valence-electron chi connectivity index (χ4n) is 3.23. The highest BCUT2D eigenvalue weighted by atomic mass is 127. The molecule has 2 saturated heterocycles. The molecule has 0 radical (unpaired) electrons. The lowest BCUT2D eigenvalue weighted by atomic mass is 10.2. The number of anilines is 1. The summed E-state index contributed by atoms with van der Waals surface area (Å²) >= 11 is 2.18. The second-order valence-corrected chi connectivity index (χ2v) is 7.14. The van der Waals surface area contributed by atoms with Crippen molar-refractivity contribution in [1.82, 2.24) is 9.97 Å². The molecule has 0 spiro atoms. The minimum Gasteiger partial charge on any atom is -0.371 e. The molecule has 2 aliphatic rings. The number of aromatic nitrogens is 2. The van der Waals surface area contributed by atoms with E-state index in [9.17, 15) is 10.1 Å². The van der Waals surface area contributed by atoms with Gasteiger partial charge in [0, 0.05) is 36.9 Å². The minimum absolute atomic E-state index is 0.0642. The molecule has 24 heavy (non-hydrogen) atoms. The summed E-state index contributed by atoms with van der Waals surface area (Å²) in [7, 11) is 0. The fraction of sp³-hybridized carbons (Fsp3) is 0.375. The highest BCUT2D eigenvalue weighted by Crippen LogP contribution is 2.30. The predicted octanol–water partition coefficient (Wildman–Crippen LogP) is 3.02. The molecule has 1 aromatic heterocycles. The number of hydrogen-bond acceptors (Lipinski definition) is 6. The Hall–Kier alpha value is -1.81. The summed E-state index contributed by atoms with van der Waals surface area (Å²) in [6.07, 6.45) is 2.80. The van der Waals surface area contributed by atoms with Crippen LogP contribution in [0.1, 0.15) is 12.8 Å². The van der Waals surface area contributed by atoms with E-state index >= 15 is 0 Å². The number of nitro benzene ring substituents is 1. The lowest BCUT2D eigenvalue weighted by molar-refractivity contribution is -0.384. The Morgan fingerprint density at radius 2 is 1.83 bits per heavy atom.